The number of anilines is 1. The first-order valence-corrected chi connectivity index (χ1v) is 5.84. The third-order valence-corrected chi connectivity index (χ3v) is 2.68. The molecule has 0 spiro atoms. The summed E-state index contributed by atoms with van der Waals surface area (Å²) in [6, 6.07) is 4.72. The maximum atomic E-state index is 12.9. The second-order valence-corrected chi connectivity index (χ2v) is 4.39. The number of alkyl halides is 5. The predicted molar refractivity (Wildman–Crippen MR) is 61.1 cm³/mol. The third-order valence-electron chi connectivity index (χ3n) is 2.68. The van der Waals surface area contributed by atoms with Gasteiger partial charge < -0.3 is 14.8 Å². The van der Waals surface area contributed by atoms with Gasteiger partial charge in [-0.25, -0.2) is 4.79 Å². The van der Waals surface area contributed by atoms with Gasteiger partial charge in [-0.1, -0.05) is 0 Å². The highest BCUT2D eigenvalue weighted by Crippen LogP contribution is 2.31. The lowest BCUT2D eigenvalue weighted by molar-refractivity contribution is -0.274. The van der Waals surface area contributed by atoms with E-state index in [-0.39, 0.29) is 6.54 Å². The van der Waals surface area contributed by atoms with E-state index in [4.69, 9.17) is 0 Å². The van der Waals surface area contributed by atoms with Crippen LogP contribution < -0.4 is 10.1 Å². The molecule has 116 valence electrons. The molecule has 9 heteroatoms. The zero-order chi connectivity index (χ0) is 15.7. The Morgan fingerprint density at radius 2 is 1.90 bits per heavy atom. The molecule has 1 N–H and O–H groups in total. The molecule has 0 aromatic heterocycles. The number of carbonyl (C=O) groups is 1. The quantitative estimate of drug-likeness (QED) is 0.686. The summed E-state index contributed by atoms with van der Waals surface area (Å²) in [5.74, 6) is -5.45. The summed E-state index contributed by atoms with van der Waals surface area (Å²) < 4.78 is 69.8. The number of hydrogen-bond donors (Lipinski definition) is 1. The normalized spacial score (nSPS) is 21.0. The summed E-state index contributed by atoms with van der Waals surface area (Å²) in [7, 11) is 0. The lowest BCUT2D eigenvalue weighted by Crippen LogP contribution is -2.22. The molecule has 1 fully saturated rings. The van der Waals surface area contributed by atoms with Crippen molar-refractivity contribution in [2.24, 2.45) is 0 Å². The minimum atomic E-state index is -4.78. The topological polar surface area (TPSA) is 47.6 Å². The van der Waals surface area contributed by atoms with Crippen LogP contribution in [0.2, 0.25) is 0 Å². The molecule has 1 atom stereocenters. The Balaban J connectivity index is 1.86. The van der Waals surface area contributed by atoms with E-state index in [0.717, 1.165) is 12.1 Å². The maximum absolute atomic E-state index is 12.9. The molecule has 1 heterocycles. The lowest BCUT2D eigenvalue weighted by atomic mass is 10.2. The van der Waals surface area contributed by atoms with Crippen molar-refractivity contribution < 1.29 is 36.2 Å². The first-order chi connectivity index (χ1) is 9.66. The number of hydrogen-bond acceptors (Lipinski definition) is 4. The van der Waals surface area contributed by atoms with E-state index in [1.165, 1.54) is 12.1 Å². The Kier molecular flexibility index (Phi) is 3.93. The number of ether oxygens (including phenoxy) is 2. The molecule has 1 saturated heterocycles. The van der Waals surface area contributed by atoms with E-state index in [2.05, 4.69) is 14.8 Å². The summed E-state index contributed by atoms with van der Waals surface area (Å²) >= 11 is 0. The third kappa shape index (κ3) is 4.20. The zero-order valence-electron chi connectivity index (χ0n) is 10.4. The fraction of sp³-hybridized carbons (Fsp3) is 0.417. The molecule has 1 aromatic rings. The number of esters is 1. The van der Waals surface area contributed by atoms with Crippen LogP contribution in [-0.2, 0) is 9.53 Å². The zero-order valence-corrected chi connectivity index (χ0v) is 10.4. The monoisotopic (exact) mass is 311 g/mol. The molecule has 4 nitrogen and oxygen atoms in total. The van der Waals surface area contributed by atoms with E-state index in [0.29, 0.717) is 5.69 Å². The molecular weight excluding hydrogens is 301 g/mol. The average Bonchev–Trinajstić information content (AvgIpc) is 2.60. The van der Waals surface area contributed by atoms with Crippen molar-refractivity contribution in [1.29, 1.82) is 0 Å². The van der Waals surface area contributed by atoms with Crippen molar-refractivity contribution in [1.82, 2.24) is 0 Å². The van der Waals surface area contributed by atoms with Gasteiger partial charge in [0, 0.05) is 5.69 Å². The van der Waals surface area contributed by atoms with E-state index in [1.54, 1.807) is 0 Å². The van der Waals surface area contributed by atoms with Crippen molar-refractivity contribution in [3.63, 3.8) is 0 Å². The highest BCUT2D eigenvalue weighted by Gasteiger charge is 2.50. The summed E-state index contributed by atoms with van der Waals surface area (Å²) in [6.45, 7) is -0.0686. The van der Waals surface area contributed by atoms with Gasteiger partial charge in [-0.2, -0.15) is 8.78 Å². The molecule has 2 rings (SSSR count). The van der Waals surface area contributed by atoms with Crippen LogP contribution in [0.15, 0.2) is 24.3 Å². The largest absolute Gasteiger partial charge is 0.573 e. The van der Waals surface area contributed by atoms with Crippen LogP contribution in [0.3, 0.4) is 0 Å². The van der Waals surface area contributed by atoms with Gasteiger partial charge in [-0.15, -0.1) is 13.2 Å². The van der Waals surface area contributed by atoms with Gasteiger partial charge in [-0.3, -0.25) is 0 Å². The maximum Gasteiger partial charge on any atom is 0.573 e. The average molecular weight is 311 g/mol. The standard InChI is InChI=1S/C12H10F5NO3/c13-11(14)5-9(20-10(11)19)6-18-7-1-3-8(4-2-7)21-12(15,16)17/h1-4,9,18H,5-6H2. The Hall–Kier alpha value is -2.06. The second-order valence-electron chi connectivity index (χ2n) is 4.39. The number of nitrogens with one attached hydrogen (secondary N) is 1. The fourth-order valence-corrected chi connectivity index (χ4v) is 1.77. The molecule has 1 unspecified atom stereocenters. The Bertz CT molecular complexity index is 515. The van der Waals surface area contributed by atoms with Gasteiger partial charge in [0.25, 0.3) is 0 Å². The van der Waals surface area contributed by atoms with E-state index < -0.39 is 36.5 Å². The van der Waals surface area contributed by atoms with E-state index in [1.807, 2.05) is 0 Å². The van der Waals surface area contributed by atoms with Gasteiger partial charge in [0.15, 0.2) is 0 Å². The van der Waals surface area contributed by atoms with Crippen LogP contribution in [0.5, 0.6) is 5.75 Å². The van der Waals surface area contributed by atoms with Crippen molar-refractivity contribution in [3.05, 3.63) is 24.3 Å². The number of benzene rings is 1. The Morgan fingerprint density at radius 3 is 2.38 bits per heavy atom. The summed E-state index contributed by atoms with van der Waals surface area (Å²) in [6.07, 6.45) is -6.49. The van der Waals surface area contributed by atoms with E-state index in [9.17, 15) is 26.7 Å². The predicted octanol–water partition coefficient (Wildman–Crippen LogP) is 2.95. The molecule has 21 heavy (non-hydrogen) atoms. The molecule has 0 amide bonds. The molecule has 0 radical (unpaired) electrons. The molecule has 0 aliphatic carbocycles. The molecule has 1 aromatic carbocycles. The molecule has 1 aliphatic rings. The highest BCUT2D eigenvalue weighted by atomic mass is 19.4. The van der Waals surface area contributed by atoms with Crippen LogP contribution in [0.1, 0.15) is 6.42 Å². The molecule has 0 bridgehead atoms. The van der Waals surface area contributed by atoms with Gasteiger partial charge >= 0.3 is 18.3 Å². The summed E-state index contributed by atoms with van der Waals surface area (Å²) in [5.41, 5.74) is 0.385. The fourth-order valence-electron chi connectivity index (χ4n) is 1.77. The van der Waals surface area contributed by atoms with Crippen LogP contribution >= 0.6 is 0 Å². The second kappa shape index (κ2) is 5.38. The molecular formula is C12H10F5NO3. The van der Waals surface area contributed by atoms with Crippen LogP contribution in [0, 0.1) is 0 Å². The first kappa shape index (κ1) is 15.3. The first-order valence-electron chi connectivity index (χ1n) is 5.84. The van der Waals surface area contributed by atoms with Crippen molar-refractivity contribution in [2.45, 2.75) is 24.8 Å². The number of cyclic esters (lactones) is 1. The molecule has 1 aliphatic heterocycles. The Morgan fingerprint density at radius 1 is 1.29 bits per heavy atom. The summed E-state index contributed by atoms with van der Waals surface area (Å²) in [5, 5.41) is 2.69. The minimum absolute atomic E-state index is 0.0686. The number of carbonyl (C=O) groups excluding carboxylic acids is 1. The van der Waals surface area contributed by atoms with Gasteiger partial charge in [0.05, 0.1) is 13.0 Å². The number of rotatable bonds is 4. The highest BCUT2D eigenvalue weighted by molar-refractivity contribution is 5.79. The SMILES string of the molecule is O=C1OC(CNc2ccc(OC(F)(F)F)cc2)CC1(F)F. The smallest absolute Gasteiger partial charge is 0.456 e. The van der Waals surface area contributed by atoms with Crippen LogP contribution in [-0.4, -0.2) is 30.9 Å². The Labute approximate surface area is 115 Å². The molecule has 0 saturated carbocycles. The van der Waals surface area contributed by atoms with Crippen molar-refractivity contribution in [3.8, 4) is 5.75 Å². The lowest BCUT2D eigenvalue weighted by Gasteiger charge is -2.12. The van der Waals surface area contributed by atoms with Gasteiger partial charge in [0.2, 0.25) is 0 Å². The van der Waals surface area contributed by atoms with E-state index >= 15 is 0 Å². The number of halogens is 5. The minimum Gasteiger partial charge on any atom is -0.456 e. The van der Waals surface area contributed by atoms with Crippen molar-refractivity contribution >= 4 is 11.7 Å². The van der Waals surface area contributed by atoms with Crippen LogP contribution in [0.4, 0.5) is 27.6 Å². The van der Waals surface area contributed by atoms with Gasteiger partial charge in [-0.05, 0) is 24.3 Å². The summed E-state index contributed by atoms with van der Waals surface area (Å²) in [4.78, 5) is 10.8. The van der Waals surface area contributed by atoms with Gasteiger partial charge in [0.1, 0.15) is 11.9 Å². The van der Waals surface area contributed by atoms with Crippen LogP contribution in [0.25, 0.3) is 0 Å². The van der Waals surface area contributed by atoms with Crippen molar-refractivity contribution in [2.75, 3.05) is 11.9 Å².